The van der Waals surface area contributed by atoms with E-state index in [4.69, 9.17) is 16.3 Å². The summed E-state index contributed by atoms with van der Waals surface area (Å²) in [5.74, 6) is 0.0401. The number of ether oxygens (including phenoxy) is 1. The summed E-state index contributed by atoms with van der Waals surface area (Å²) in [5.41, 5.74) is 1.44. The van der Waals surface area contributed by atoms with Crippen molar-refractivity contribution >= 4 is 46.8 Å². The van der Waals surface area contributed by atoms with E-state index < -0.39 is 6.04 Å². The van der Waals surface area contributed by atoms with Crippen molar-refractivity contribution in [3.8, 4) is 0 Å². The van der Waals surface area contributed by atoms with Crippen molar-refractivity contribution in [3.05, 3.63) is 70.5 Å². The van der Waals surface area contributed by atoms with Crippen LogP contribution in [0.15, 0.2) is 53.7 Å². The summed E-state index contributed by atoms with van der Waals surface area (Å²) in [7, 11) is 0. The van der Waals surface area contributed by atoms with E-state index in [-0.39, 0.29) is 23.5 Å². The molecule has 0 aliphatic carbocycles. The third kappa shape index (κ3) is 6.72. The van der Waals surface area contributed by atoms with E-state index in [2.05, 4.69) is 20.8 Å². The van der Waals surface area contributed by atoms with Crippen LogP contribution in [0.5, 0.6) is 0 Å². The van der Waals surface area contributed by atoms with E-state index in [1.165, 1.54) is 11.8 Å². The molecule has 1 aliphatic rings. The number of rotatable bonds is 9. The smallest absolute Gasteiger partial charge is 0.254 e. The van der Waals surface area contributed by atoms with Gasteiger partial charge in [0.05, 0.1) is 35.6 Å². The predicted molar refractivity (Wildman–Crippen MR) is 146 cm³/mol. The molecule has 0 unspecified atom stereocenters. The van der Waals surface area contributed by atoms with Crippen LogP contribution in [0.4, 0.5) is 5.69 Å². The van der Waals surface area contributed by atoms with Crippen molar-refractivity contribution in [1.82, 2.24) is 25.0 Å². The summed E-state index contributed by atoms with van der Waals surface area (Å²) in [6, 6.07) is 13.3. The number of benzene rings is 2. The first-order chi connectivity index (χ1) is 18.4. The summed E-state index contributed by atoms with van der Waals surface area (Å²) in [6.45, 7) is 6.47. The van der Waals surface area contributed by atoms with Crippen LogP contribution in [0.2, 0.25) is 5.02 Å². The molecule has 2 aromatic carbocycles. The molecule has 2 N–H and O–H groups in total. The summed E-state index contributed by atoms with van der Waals surface area (Å²) < 4.78 is 7.17. The van der Waals surface area contributed by atoms with E-state index >= 15 is 0 Å². The van der Waals surface area contributed by atoms with Gasteiger partial charge in [-0.2, -0.15) is 0 Å². The summed E-state index contributed by atoms with van der Waals surface area (Å²) in [5, 5.41) is 15.2. The molecule has 3 aromatic rings. The van der Waals surface area contributed by atoms with Crippen molar-refractivity contribution in [3.63, 3.8) is 0 Å². The van der Waals surface area contributed by atoms with Gasteiger partial charge >= 0.3 is 0 Å². The Balaban J connectivity index is 1.35. The molecule has 38 heavy (non-hydrogen) atoms. The van der Waals surface area contributed by atoms with Crippen LogP contribution in [0.3, 0.4) is 0 Å². The Kier molecular flexibility index (Phi) is 9.38. The lowest BCUT2D eigenvalue weighted by atomic mass is 10.1. The standard InChI is InChI=1S/C26H29ClN6O4S/c1-3-33-23(17(2)28-24(35)20-9-4-5-10-21(20)27)30-31-26(33)38-16-22(34)29-19-8-6-7-18(15-19)25(36)32-11-13-37-14-12-32/h4-10,15,17H,3,11-14,16H2,1-2H3,(H,28,35)(H,29,34)/t17-/m1/s1. The molecule has 1 atom stereocenters. The van der Waals surface area contributed by atoms with E-state index in [0.29, 0.717) is 65.7 Å². The van der Waals surface area contributed by atoms with Gasteiger partial charge in [-0.1, -0.05) is 41.6 Å². The minimum atomic E-state index is -0.429. The number of carbonyl (C=O) groups is 3. The van der Waals surface area contributed by atoms with E-state index in [1.54, 1.807) is 53.4 Å². The van der Waals surface area contributed by atoms with Crippen LogP contribution in [0.25, 0.3) is 0 Å². The molecule has 1 aromatic heterocycles. The van der Waals surface area contributed by atoms with Gasteiger partial charge in [0.2, 0.25) is 5.91 Å². The number of hydrogen-bond donors (Lipinski definition) is 2. The van der Waals surface area contributed by atoms with Gasteiger partial charge in [-0.15, -0.1) is 10.2 Å². The molecule has 0 spiro atoms. The maximum absolute atomic E-state index is 12.7. The normalized spacial score (nSPS) is 14.1. The average Bonchev–Trinajstić information content (AvgIpc) is 3.35. The molecular formula is C26H29ClN6O4S. The summed E-state index contributed by atoms with van der Waals surface area (Å²) in [4.78, 5) is 39.8. The SMILES string of the molecule is CCn1c(SCC(=O)Nc2cccc(C(=O)N3CCOCC3)c2)nnc1[C@@H](C)NC(=O)c1ccccc1Cl. The second-order valence-electron chi connectivity index (χ2n) is 8.58. The molecule has 1 saturated heterocycles. The van der Waals surface area contributed by atoms with Crippen molar-refractivity contribution in [1.29, 1.82) is 0 Å². The third-order valence-electron chi connectivity index (χ3n) is 5.94. The number of morpholine rings is 1. The molecule has 0 bridgehead atoms. The summed E-state index contributed by atoms with van der Waals surface area (Å²) in [6.07, 6.45) is 0. The Bertz CT molecular complexity index is 1310. The molecular weight excluding hydrogens is 528 g/mol. The number of carbonyl (C=O) groups excluding carboxylic acids is 3. The summed E-state index contributed by atoms with van der Waals surface area (Å²) >= 11 is 7.38. The van der Waals surface area contributed by atoms with Crippen LogP contribution in [-0.4, -0.2) is 69.4 Å². The second-order valence-corrected chi connectivity index (χ2v) is 9.93. The highest BCUT2D eigenvalue weighted by atomic mass is 35.5. The largest absolute Gasteiger partial charge is 0.378 e. The van der Waals surface area contributed by atoms with E-state index in [1.807, 2.05) is 18.4 Å². The molecule has 0 saturated carbocycles. The van der Waals surface area contributed by atoms with Crippen molar-refractivity contribution in [2.24, 2.45) is 0 Å². The van der Waals surface area contributed by atoms with Crippen molar-refractivity contribution in [2.45, 2.75) is 31.6 Å². The van der Waals surface area contributed by atoms with Gasteiger partial charge in [-0.05, 0) is 44.2 Å². The monoisotopic (exact) mass is 556 g/mol. The maximum atomic E-state index is 12.7. The molecule has 2 heterocycles. The quantitative estimate of drug-likeness (QED) is 0.386. The number of hydrogen-bond acceptors (Lipinski definition) is 7. The van der Waals surface area contributed by atoms with Gasteiger partial charge in [-0.25, -0.2) is 0 Å². The highest BCUT2D eigenvalue weighted by Crippen LogP contribution is 2.22. The molecule has 12 heteroatoms. The van der Waals surface area contributed by atoms with Gasteiger partial charge < -0.3 is 24.8 Å². The van der Waals surface area contributed by atoms with Crippen molar-refractivity contribution in [2.75, 3.05) is 37.4 Å². The Hall–Kier alpha value is -3.41. The highest BCUT2D eigenvalue weighted by Gasteiger charge is 2.22. The molecule has 10 nitrogen and oxygen atoms in total. The van der Waals surface area contributed by atoms with Crippen LogP contribution in [0.1, 0.15) is 46.4 Å². The van der Waals surface area contributed by atoms with E-state index in [0.717, 1.165) is 0 Å². The topological polar surface area (TPSA) is 118 Å². The number of nitrogens with zero attached hydrogens (tertiary/aromatic N) is 4. The van der Waals surface area contributed by atoms with Gasteiger partial charge in [0.25, 0.3) is 11.8 Å². The minimum absolute atomic E-state index is 0.0851. The lowest BCUT2D eigenvalue weighted by Crippen LogP contribution is -2.40. The number of halogens is 1. The first-order valence-electron chi connectivity index (χ1n) is 12.3. The number of amides is 3. The number of nitrogens with one attached hydrogen (secondary N) is 2. The molecule has 0 radical (unpaired) electrons. The Morgan fingerprint density at radius 2 is 1.87 bits per heavy atom. The zero-order valence-electron chi connectivity index (χ0n) is 21.1. The van der Waals surface area contributed by atoms with Crippen molar-refractivity contribution < 1.29 is 19.1 Å². The van der Waals surface area contributed by atoms with Gasteiger partial charge in [0.15, 0.2) is 11.0 Å². The van der Waals surface area contributed by atoms with Gasteiger partial charge in [0, 0.05) is 30.9 Å². The fourth-order valence-electron chi connectivity index (χ4n) is 4.01. The second kappa shape index (κ2) is 12.9. The van der Waals surface area contributed by atoms with Gasteiger partial charge in [0.1, 0.15) is 0 Å². The number of aromatic nitrogens is 3. The fourth-order valence-corrected chi connectivity index (χ4v) is 5.05. The first kappa shape index (κ1) is 27.6. The lowest BCUT2D eigenvalue weighted by Gasteiger charge is -2.27. The Labute approximate surface area is 230 Å². The fraction of sp³-hybridized carbons (Fsp3) is 0.346. The number of anilines is 1. The van der Waals surface area contributed by atoms with Gasteiger partial charge in [-0.3, -0.25) is 14.4 Å². The van der Waals surface area contributed by atoms with Crippen LogP contribution >= 0.6 is 23.4 Å². The predicted octanol–water partition coefficient (Wildman–Crippen LogP) is 3.65. The Morgan fingerprint density at radius 3 is 2.61 bits per heavy atom. The molecule has 4 rings (SSSR count). The molecule has 200 valence electrons. The van der Waals surface area contributed by atoms with Crippen LogP contribution < -0.4 is 10.6 Å². The maximum Gasteiger partial charge on any atom is 0.254 e. The minimum Gasteiger partial charge on any atom is -0.378 e. The van der Waals surface area contributed by atoms with Crippen LogP contribution in [0, 0.1) is 0 Å². The number of thioether (sulfide) groups is 1. The Morgan fingerprint density at radius 1 is 1.11 bits per heavy atom. The van der Waals surface area contributed by atoms with E-state index in [9.17, 15) is 14.4 Å². The molecule has 1 aliphatic heterocycles. The average molecular weight is 557 g/mol. The highest BCUT2D eigenvalue weighted by molar-refractivity contribution is 7.99. The molecule has 1 fully saturated rings. The first-order valence-corrected chi connectivity index (χ1v) is 13.6. The zero-order chi connectivity index (χ0) is 27.1. The third-order valence-corrected chi connectivity index (χ3v) is 7.24. The lowest BCUT2D eigenvalue weighted by molar-refractivity contribution is -0.113. The molecule has 3 amide bonds. The zero-order valence-corrected chi connectivity index (χ0v) is 22.7. The van der Waals surface area contributed by atoms with Crippen LogP contribution in [-0.2, 0) is 16.1 Å².